The summed E-state index contributed by atoms with van der Waals surface area (Å²) in [4.78, 5) is 14.2. The van der Waals surface area contributed by atoms with E-state index in [9.17, 15) is 4.79 Å². The molecule has 0 aromatic heterocycles. The Morgan fingerprint density at radius 2 is 2.29 bits per heavy atom. The maximum atomic E-state index is 11.9. The Bertz CT molecular complexity index is 638. The van der Waals surface area contributed by atoms with Gasteiger partial charge in [0.05, 0.1) is 13.0 Å². The number of nitrogens with zero attached hydrogens (tertiary/aromatic N) is 1. The fourth-order valence-corrected chi connectivity index (χ4v) is 4.14. The summed E-state index contributed by atoms with van der Waals surface area (Å²) in [5.74, 6) is 0.295. The molecule has 0 saturated carbocycles. The van der Waals surface area contributed by atoms with Gasteiger partial charge in [0.2, 0.25) is 0 Å². The van der Waals surface area contributed by atoms with Crippen LogP contribution in [0.25, 0.3) is 5.57 Å². The summed E-state index contributed by atoms with van der Waals surface area (Å²) in [5.41, 5.74) is 5.33. The van der Waals surface area contributed by atoms with E-state index in [0.29, 0.717) is 12.0 Å². The highest BCUT2D eigenvalue weighted by Crippen LogP contribution is 2.48. The van der Waals surface area contributed by atoms with Crippen molar-refractivity contribution in [2.75, 3.05) is 32.6 Å². The second-order valence-corrected chi connectivity index (χ2v) is 6.29. The highest BCUT2D eigenvalue weighted by atomic mass is 16.5. The van der Waals surface area contributed by atoms with E-state index in [2.05, 4.69) is 41.5 Å². The number of methoxy groups -OCH3 is 1. The lowest BCUT2D eigenvalue weighted by Gasteiger charge is -2.41. The lowest BCUT2D eigenvalue weighted by atomic mass is 9.74. The highest BCUT2D eigenvalue weighted by Gasteiger charge is 2.40. The molecule has 0 spiro atoms. The SMILES string of the molecule is COC(=O)[C@@H]1C=C2c3cccc4c3C(CN4)C[C@H]2N(C)C1. The molecule has 1 aromatic carbocycles. The maximum Gasteiger partial charge on any atom is 0.313 e. The Kier molecular flexibility index (Phi) is 2.82. The number of anilines is 1. The molecule has 21 heavy (non-hydrogen) atoms. The van der Waals surface area contributed by atoms with E-state index < -0.39 is 0 Å². The van der Waals surface area contributed by atoms with Crippen molar-refractivity contribution in [3.8, 4) is 0 Å². The lowest BCUT2D eigenvalue weighted by molar-refractivity contribution is -0.144. The molecule has 4 heteroatoms. The number of fused-ring (bicyclic) bond motifs is 2. The highest BCUT2D eigenvalue weighted by molar-refractivity contribution is 5.85. The molecule has 4 nitrogen and oxygen atoms in total. The van der Waals surface area contributed by atoms with Crippen LogP contribution in [0.3, 0.4) is 0 Å². The number of rotatable bonds is 1. The van der Waals surface area contributed by atoms with Crippen molar-refractivity contribution in [3.63, 3.8) is 0 Å². The van der Waals surface area contributed by atoms with Crippen LogP contribution in [0.15, 0.2) is 24.3 Å². The molecule has 0 bridgehead atoms. The molecule has 1 N–H and O–H groups in total. The van der Waals surface area contributed by atoms with Crippen LogP contribution < -0.4 is 5.32 Å². The molecular weight excluding hydrogens is 264 g/mol. The Morgan fingerprint density at radius 3 is 3.10 bits per heavy atom. The number of hydrogen-bond donors (Lipinski definition) is 1. The second-order valence-electron chi connectivity index (χ2n) is 6.29. The van der Waals surface area contributed by atoms with Gasteiger partial charge < -0.3 is 10.1 Å². The molecule has 1 unspecified atom stereocenters. The van der Waals surface area contributed by atoms with E-state index >= 15 is 0 Å². The Balaban J connectivity index is 1.84. The summed E-state index contributed by atoms with van der Waals surface area (Å²) in [5, 5.41) is 3.51. The van der Waals surface area contributed by atoms with Crippen LogP contribution in [0.1, 0.15) is 23.5 Å². The zero-order chi connectivity index (χ0) is 14.6. The number of esters is 1. The number of benzene rings is 1. The molecule has 3 aliphatic rings. The van der Waals surface area contributed by atoms with Gasteiger partial charge in [0.15, 0.2) is 0 Å². The first-order valence-corrected chi connectivity index (χ1v) is 7.56. The van der Waals surface area contributed by atoms with E-state index in [-0.39, 0.29) is 11.9 Å². The molecule has 2 aliphatic heterocycles. The second kappa shape index (κ2) is 4.60. The van der Waals surface area contributed by atoms with Crippen LogP contribution in [0.2, 0.25) is 0 Å². The van der Waals surface area contributed by atoms with Crippen LogP contribution in [-0.2, 0) is 9.53 Å². The van der Waals surface area contributed by atoms with Crippen molar-refractivity contribution in [1.29, 1.82) is 0 Å². The Hall–Kier alpha value is -1.81. The molecule has 0 saturated heterocycles. The van der Waals surface area contributed by atoms with Gasteiger partial charge in [0.1, 0.15) is 0 Å². The average molecular weight is 284 g/mol. The van der Waals surface area contributed by atoms with Gasteiger partial charge in [-0.25, -0.2) is 0 Å². The fraction of sp³-hybridized carbons (Fsp3) is 0.471. The predicted octanol–water partition coefficient (Wildman–Crippen LogP) is 2.09. The zero-order valence-corrected chi connectivity index (χ0v) is 12.4. The summed E-state index contributed by atoms with van der Waals surface area (Å²) < 4.78 is 4.94. The van der Waals surface area contributed by atoms with Gasteiger partial charge in [-0.3, -0.25) is 9.69 Å². The minimum Gasteiger partial charge on any atom is -0.469 e. The minimum atomic E-state index is -0.159. The van der Waals surface area contributed by atoms with Crippen LogP contribution in [-0.4, -0.2) is 44.2 Å². The van der Waals surface area contributed by atoms with E-state index in [1.54, 1.807) is 0 Å². The van der Waals surface area contributed by atoms with Crippen molar-refractivity contribution in [3.05, 3.63) is 35.4 Å². The van der Waals surface area contributed by atoms with Crippen molar-refractivity contribution in [2.24, 2.45) is 5.92 Å². The smallest absolute Gasteiger partial charge is 0.313 e. The number of carbonyl (C=O) groups is 1. The van der Waals surface area contributed by atoms with Crippen LogP contribution in [0, 0.1) is 5.92 Å². The van der Waals surface area contributed by atoms with Crippen LogP contribution in [0.5, 0.6) is 0 Å². The van der Waals surface area contributed by atoms with Crippen molar-refractivity contribution in [1.82, 2.24) is 4.90 Å². The van der Waals surface area contributed by atoms with E-state index in [0.717, 1.165) is 19.5 Å². The summed E-state index contributed by atoms with van der Waals surface area (Å²) >= 11 is 0. The lowest BCUT2D eigenvalue weighted by Crippen LogP contribution is -2.44. The monoisotopic (exact) mass is 284 g/mol. The van der Waals surface area contributed by atoms with Crippen molar-refractivity contribution in [2.45, 2.75) is 18.4 Å². The molecule has 1 aromatic rings. The maximum absolute atomic E-state index is 11.9. The van der Waals surface area contributed by atoms with Gasteiger partial charge in [-0.2, -0.15) is 0 Å². The molecule has 0 radical (unpaired) electrons. The summed E-state index contributed by atoms with van der Waals surface area (Å²) in [6, 6.07) is 6.88. The first-order valence-electron chi connectivity index (χ1n) is 7.56. The number of likely N-dealkylation sites (N-methyl/N-ethyl adjacent to an activating group) is 1. The van der Waals surface area contributed by atoms with E-state index in [1.807, 2.05) is 0 Å². The van der Waals surface area contributed by atoms with Gasteiger partial charge in [-0.05, 0) is 36.2 Å². The summed E-state index contributed by atoms with van der Waals surface area (Å²) in [6.45, 7) is 1.78. The molecular formula is C17H20N2O2. The van der Waals surface area contributed by atoms with Gasteiger partial charge in [-0.1, -0.05) is 18.2 Å². The standard InChI is InChI=1S/C17H20N2O2/c1-19-9-11(17(20)21-2)6-13-12-4-3-5-14-16(12)10(8-18-14)7-15(13)19/h3-6,10-11,15,18H,7-9H2,1-2H3/t10?,11-,15-/m1/s1. The third-order valence-corrected chi connectivity index (χ3v) is 5.13. The zero-order valence-electron chi connectivity index (χ0n) is 12.4. The third-order valence-electron chi connectivity index (χ3n) is 5.13. The Morgan fingerprint density at radius 1 is 1.43 bits per heavy atom. The van der Waals surface area contributed by atoms with E-state index in [1.165, 1.54) is 29.5 Å². The molecule has 110 valence electrons. The molecule has 0 fully saturated rings. The van der Waals surface area contributed by atoms with Crippen LogP contribution >= 0.6 is 0 Å². The van der Waals surface area contributed by atoms with E-state index in [4.69, 9.17) is 4.74 Å². The number of carbonyl (C=O) groups excluding carboxylic acids is 1. The molecule has 3 atom stereocenters. The molecule has 4 rings (SSSR count). The van der Waals surface area contributed by atoms with Crippen LogP contribution in [0.4, 0.5) is 5.69 Å². The average Bonchev–Trinajstić information content (AvgIpc) is 2.92. The largest absolute Gasteiger partial charge is 0.469 e. The predicted molar refractivity (Wildman–Crippen MR) is 82.2 cm³/mol. The molecule has 1 aliphatic carbocycles. The number of nitrogens with one attached hydrogen (secondary N) is 1. The van der Waals surface area contributed by atoms with Crippen molar-refractivity contribution >= 4 is 17.2 Å². The first kappa shape index (κ1) is 12.9. The molecule has 0 amide bonds. The van der Waals surface area contributed by atoms with Gasteiger partial charge >= 0.3 is 5.97 Å². The topological polar surface area (TPSA) is 41.6 Å². The molecule has 2 heterocycles. The summed E-state index contributed by atoms with van der Waals surface area (Å²) in [6.07, 6.45) is 3.27. The number of ether oxygens (including phenoxy) is 1. The fourth-order valence-electron chi connectivity index (χ4n) is 4.14. The Labute approximate surface area is 124 Å². The number of hydrogen-bond acceptors (Lipinski definition) is 4. The normalized spacial score (nSPS) is 30.0. The summed E-state index contributed by atoms with van der Waals surface area (Å²) in [7, 11) is 3.58. The first-order chi connectivity index (χ1) is 10.2. The van der Waals surface area contributed by atoms with Gasteiger partial charge in [0.25, 0.3) is 0 Å². The quantitative estimate of drug-likeness (QED) is 0.802. The van der Waals surface area contributed by atoms with Crippen molar-refractivity contribution < 1.29 is 9.53 Å². The minimum absolute atomic E-state index is 0.138. The third kappa shape index (κ3) is 1.82. The van der Waals surface area contributed by atoms with Gasteiger partial charge in [-0.15, -0.1) is 0 Å². The van der Waals surface area contributed by atoms with Gasteiger partial charge in [0, 0.05) is 30.7 Å².